The molecule has 0 saturated heterocycles. The van der Waals surface area contributed by atoms with Crippen molar-refractivity contribution in [3.8, 4) is 5.75 Å². The second-order valence-electron chi connectivity index (χ2n) is 4.18. The number of hydrogen-bond donors (Lipinski definition) is 2. The molecule has 1 aromatic heterocycles. The highest BCUT2D eigenvalue weighted by Crippen LogP contribution is 2.13. The SMILES string of the molecule is CCc1ccc(OCc2ncc(CCN)[nH]2)cc1. The molecule has 2 aromatic rings. The van der Waals surface area contributed by atoms with E-state index in [0.29, 0.717) is 13.2 Å². The van der Waals surface area contributed by atoms with Crippen molar-refractivity contribution in [2.24, 2.45) is 5.73 Å². The summed E-state index contributed by atoms with van der Waals surface area (Å²) >= 11 is 0. The average molecular weight is 245 g/mol. The van der Waals surface area contributed by atoms with Gasteiger partial charge < -0.3 is 15.5 Å². The summed E-state index contributed by atoms with van der Waals surface area (Å²) in [6, 6.07) is 8.14. The van der Waals surface area contributed by atoms with E-state index in [1.165, 1.54) is 5.56 Å². The Morgan fingerprint density at radius 3 is 2.72 bits per heavy atom. The van der Waals surface area contributed by atoms with Crippen molar-refractivity contribution in [3.63, 3.8) is 0 Å². The molecule has 2 rings (SSSR count). The number of imidazole rings is 1. The topological polar surface area (TPSA) is 63.9 Å². The van der Waals surface area contributed by atoms with Crippen molar-refractivity contribution in [2.45, 2.75) is 26.4 Å². The zero-order valence-electron chi connectivity index (χ0n) is 10.6. The average Bonchev–Trinajstić information content (AvgIpc) is 2.85. The molecule has 1 aromatic carbocycles. The van der Waals surface area contributed by atoms with Crippen LogP contribution in [-0.4, -0.2) is 16.5 Å². The molecule has 4 heteroatoms. The van der Waals surface area contributed by atoms with E-state index < -0.39 is 0 Å². The molecule has 0 aliphatic carbocycles. The van der Waals surface area contributed by atoms with Gasteiger partial charge in [-0.3, -0.25) is 0 Å². The van der Waals surface area contributed by atoms with Crippen LogP contribution in [0.15, 0.2) is 30.5 Å². The summed E-state index contributed by atoms with van der Waals surface area (Å²) in [5, 5.41) is 0. The van der Waals surface area contributed by atoms with E-state index in [4.69, 9.17) is 10.5 Å². The number of aromatic nitrogens is 2. The van der Waals surface area contributed by atoms with Gasteiger partial charge in [-0.15, -0.1) is 0 Å². The third-order valence-corrected chi connectivity index (χ3v) is 2.80. The van der Waals surface area contributed by atoms with Gasteiger partial charge in [-0.2, -0.15) is 0 Å². The second-order valence-corrected chi connectivity index (χ2v) is 4.18. The van der Waals surface area contributed by atoms with Crippen LogP contribution < -0.4 is 10.5 Å². The molecule has 0 aliphatic rings. The minimum atomic E-state index is 0.454. The van der Waals surface area contributed by atoms with E-state index in [-0.39, 0.29) is 0 Å². The monoisotopic (exact) mass is 245 g/mol. The standard InChI is InChI=1S/C14H19N3O/c1-2-11-3-5-13(6-4-11)18-10-14-16-9-12(17-14)7-8-15/h3-6,9H,2,7-8,10,15H2,1H3,(H,16,17). The normalized spacial score (nSPS) is 10.6. The Labute approximate surface area is 107 Å². The minimum Gasteiger partial charge on any atom is -0.486 e. The number of nitrogens with two attached hydrogens (primary N) is 1. The lowest BCUT2D eigenvalue weighted by molar-refractivity contribution is 0.297. The van der Waals surface area contributed by atoms with E-state index in [2.05, 4.69) is 29.0 Å². The van der Waals surface area contributed by atoms with Crippen LogP contribution >= 0.6 is 0 Å². The molecular formula is C14H19N3O. The molecule has 0 unspecified atom stereocenters. The third-order valence-electron chi connectivity index (χ3n) is 2.80. The number of aryl methyl sites for hydroxylation is 1. The molecule has 0 aliphatic heterocycles. The Hall–Kier alpha value is -1.81. The van der Waals surface area contributed by atoms with Crippen LogP contribution in [0, 0.1) is 0 Å². The molecule has 0 amide bonds. The molecular weight excluding hydrogens is 226 g/mol. The lowest BCUT2D eigenvalue weighted by atomic mass is 10.2. The zero-order chi connectivity index (χ0) is 12.8. The van der Waals surface area contributed by atoms with Gasteiger partial charge in [0.1, 0.15) is 18.2 Å². The minimum absolute atomic E-state index is 0.454. The molecule has 18 heavy (non-hydrogen) atoms. The first kappa shape index (κ1) is 12.6. The molecule has 0 spiro atoms. The Morgan fingerprint density at radius 2 is 2.06 bits per heavy atom. The predicted octanol–water partition coefficient (Wildman–Crippen LogP) is 2.05. The Balaban J connectivity index is 1.89. The fraction of sp³-hybridized carbons (Fsp3) is 0.357. The van der Waals surface area contributed by atoms with Gasteiger partial charge in [0.05, 0.1) is 0 Å². The summed E-state index contributed by atoms with van der Waals surface area (Å²) in [5.74, 6) is 1.70. The van der Waals surface area contributed by atoms with Gasteiger partial charge in [-0.05, 0) is 30.7 Å². The van der Waals surface area contributed by atoms with E-state index >= 15 is 0 Å². The van der Waals surface area contributed by atoms with Gasteiger partial charge in [0, 0.05) is 18.3 Å². The number of aromatic amines is 1. The van der Waals surface area contributed by atoms with Crippen molar-refractivity contribution >= 4 is 0 Å². The van der Waals surface area contributed by atoms with Crippen molar-refractivity contribution in [1.29, 1.82) is 0 Å². The van der Waals surface area contributed by atoms with Gasteiger partial charge in [0.15, 0.2) is 0 Å². The second kappa shape index (κ2) is 6.21. The highest BCUT2D eigenvalue weighted by molar-refractivity contribution is 5.27. The van der Waals surface area contributed by atoms with Gasteiger partial charge in [-0.25, -0.2) is 4.98 Å². The van der Waals surface area contributed by atoms with E-state index in [1.807, 2.05) is 18.3 Å². The van der Waals surface area contributed by atoms with Crippen molar-refractivity contribution < 1.29 is 4.74 Å². The largest absolute Gasteiger partial charge is 0.486 e. The Bertz CT molecular complexity index is 476. The fourth-order valence-corrected chi connectivity index (χ4v) is 1.73. The highest BCUT2D eigenvalue weighted by Gasteiger charge is 2.01. The number of nitrogens with zero attached hydrogens (tertiary/aromatic N) is 1. The summed E-state index contributed by atoms with van der Waals surface area (Å²) in [4.78, 5) is 7.44. The van der Waals surface area contributed by atoms with Crippen molar-refractivity contribution in [2.75, 3.05) is 6.54 Å². The first-order chi connectivity index (χ1) is 8.81. The highest BCUT2D eigenvalue weighted by atomic mass is 16.5. The summed E-state index contributed by atoms with van der Waals surface area (Å²) in [5.41, 5.74) is 7.85. The van der Waals surface area contributed by atoms with Crippen molar-refractivity contribution in [3.05, 3.63) is 47.5 Å². The van der Waals surface area contributed by atoms with E-state index in [9.17, 15) is 0 Å². The molecule has 1 heterocycles. The van der Waals surface area contributed by atoms with Gasteiger partial charge in [0.25, 0.3) is 0 Å². The maximum atomic E-state index is 5.66. The van der Waals surface area contributed by atoms with Gasteiger partial charge in [-0.1, -0.05) is 19.1 Å². The molecule has 96 valence electrons. The van der Waals surface area contributed by atoms with E-state index in [1.54, 1.807) is 0 Å². The van der Waals surface area contributed by atoms with Crippen LogP contribution in [0.5, 0.6) is 5.75 Å². The summed E-state index contributed by atoms with van der Waals surface area (Å²) in [6.45, 7) is 3.22. The quantitative estimate of drug-likeness (QED) is 0.818. The molecule has 0 fully saturated rings. The summed E-state index contributed by atoms with van der Waals surface area (Å²) in [6.07, 6.45) is 3.67. The molecule has 0 bridgehead atoms. The lowest BCUT2D eigenvalue weighted by Crippen LogP contribution is -2.03. The van der Waals surface area contributed by atoms with Crippen LogP contribution in [0.3, 0.4) is 0 Å². The maximum absolute atomic E-state index is 5.66. The smallest absolute Gasteiger partial charge is 0.146 e. The number of benzene rings is 1. The van der Waals surface area contributed by atoms with Crippen molar-refractivity contribution in [1.82, 2.24) is 9.97 Å². The van der Waals surface area contributed by atoms with E-state index in [0.717, 1.165) is 30.1 Å². The first-order valence-electron chi connectivity index (χ1n) is 6.26. The number of hydrogen-bond acceptors (Lipinski definition) is 3. The maximum Gasteiger partial charge on any atom is 0.146 e. The van der Waals surface area contributed by atoms with Crippen LogP contribution in [0.1, 0.15) is 24.0 Å². The fourth-order valence-electron chi connectivity index (χ4n) is 1.73. The molecule has 3 N–H and O–H groups in total. The summed E-state index contributed by atoms with van der Waals surface area (Å²) < 4.78 is 5.66. The first-order valence-corrected chi connectivity index (χ1v) is 6.26. The molecule has 4 nitrogen and oxygen atoms in total. The van der Waals surface area contributed by atoms with Crippen LogP contribution in [0.25, 0.3) is 0 Å². The number of H-pyrrole nitrogens is 1. The van der Waals surface area contributed by atoms with Gasteiger partial charge >= 0.3 is 0 Å². The lowest BCUT2D eigenvalue weighted by Gasteiger charge is -2.04. The van der Waals surface area contributed by atoms with Gasteiger partial charge in [0.2, 0.25) is 0 Å². The summed E-state index contributed by atoms with van der Waals surface area (Å²) in [7, 11) is 0. The van der Waals surface area contributed by atoms with Crippen LogP contribution in [0.4, 0.5) is 0 Å². The molecule has 0 atom stereocenters. The predicted molar refractivity (Wildman–Crippen MR) is 71.5 cm³/mol. The number of nitrogens with one attached hydrogen (secondary N) is 1. The zero-order valence-corrected chi connectivity index (χ0v) is 10.6. The Morgan fingerprint density at radius 1 is 1.28 bits per heavy atom. The Kier molecular flexibility index (Phi) is 4.36. The number of ether oxygens (including phenoxy) is 1. The van der Waals surface area contributed by atoms with Crippen LogP contribution in [-0.2, 0) is 19.4 Å². The molecule has 0 radical (unpaired) electrons. The third kappa shape index (κ3) is 3.34. The molecule has 0 saturated carbocycles. The number of rotatable bonds is 6. The van der Waals surface area contributed by atoms with Crippen LogP contribution in [0.2, 0.25) is 0 Å².